The summed E-state index contributed by atoms with van der Waals surface area (Å²) >= 11 is 0. The molecule has 0 aliphatic carbocycles. The smallest absolute Gasteiger partial charge is 0.248 e. The zero-order valence-electron chi connectivity index (χ0n) is 16.9. The van der Waals surface area contributed by atoms with Crippen LogP contribution in [-0.4, -0.2) is 55.1 Å². The lowest BCUT2D eigenvalue weighted by molar-refractivity contribution is -0.130. The molecule has 3 heterocycles. The van der Waals surface area contributed by atoms with Gasteiger partial charge in [-0.2, -0.15) is 0 Å². The monoisotopic (exact) mass is 417 g/mol. The molecule has 1 fully saturated rings. The van der Waals surface area contributed by atoms with Crippen LogP contribution in [0.1, 0.15) is 22.8 Å². The quantitative estimate of drug-likeness (QED) is 0.517. The number of likely N-dealkylation sites (tertiary alicyclic amines) is 1. The summed E-state index contributed by atoms with van der Waals surface area (Å²) in [7, 11) is 0. The summed E-state index contributed by atoms with van der Waals surface area (Å²) in [5.74, 6) is -0.468. The van der Waals surface area contributed by atoms with Crippen LogP contribution in [0.2, 0.25) is 0 Å². The molecule has 8 heteroatoms. The van der Waals surface area contributed by atoms with Crippen LogP contribution in [0.4, 0.5) is 0 Å². The summed E-state index contributed by atoms with van der Waals surface area (Å²) in [5, 5.41) is 11.5. The molecule has 8 nitrogen and oxygen atoms in total. The van der Waals surface area contributed by atoms with Gasteiger partial charge < -0.3 is 24.9 Å². The van der Waals surface area contributed by atoms with Gasteiger partial charge in [0.05, 0.1) is 29.5 Å². The van der Waals surface area contributed by atoms with Gasteiger partial charge in [-0.15, -0.1) is 0 Å². The highest BCUT2D eigenvalue weighted by Gasteiger charge is 2.35. The Balaban J connectivity index is 1.29. The van der Waals surface area contributed by atoms with Crippen molar-refractivity contribution in [3.63, 3.8) is 0 Å². The number of nitrogens with zero attached hydrogens (tertiary/aromatic N) is 4. The Labute approximate surface area is 178 Å². The predicted octanol–water partition coefficient (Wildman–Crippen LogP) is 1.92. The lowest BCUT2D eigenvalue weighted by Crippen LogP contribution is -2.30. The molecule has 0 bridgehead atoms. The molecule has 0 unspecified atom stereocenters. The Morgan fingerprint density at radius 3 is 2.77 bits per heavy atom. The summed E-state index contributed by atoms with van der Waals surface area (Å²) in [5.41, 5.74) is 8.62. The number of para-hydroxylation sites is 2. The first kappa shape index (κ1) is 19.3. The molecule has 0 spiro atoms. The maximum absolute atomic E-state index is 12.8. The van der Waals surface area contributed by atoms with E-state index < -0.39 is 12.0 Å². The van der Waals surface area contributed by atoms with E-state index >= 15 is 0 Å². The van der Waals surface area contributed by atoms with Gasteiger partial charge >= 0.3 is 0 Å². The SMILES string of the molecule is NC(=O)c1ccc2c(ccn2[C@@H]2CN(C(=O)CCn3cnc4ccccc43)C[C@H]2O)c1. The van der Waals surface area contributed by atoms with Crippen molar-refractivity contribution < 1.29 is 14.7 Å². The third-order valence-electron chi connectivity index (χ3n) is 6.07. The number of imidazole rings is 1. The van der Waals surface area contributed by atoms with E-state index in [-0.39, 0.29) is 11.9 Å². The van der Waals surface area contributed by atoms with Gasteiger partial charge in [-0.25, -0.2) is 4.98 Å². The number of aromatic nitrogens is 3. The highest BCUT2D eigenvalue weighted by Crippen LogP contribution is 2.28. The normalized spacial score (nSPS) is 18.8. The van der Waals surface area contributed by atoms with Crippen molar-refractivity contribution in [2.45, 2.75) is 25.1 Å². The Morgan fingerprint density at radius 1 is 1.10 bits per heavy atom. The van der Waals surface area contributed by atoms with E-state index in [1.807, 2.05) is 51.7 Å². The summed E-state index contributed by atoms with van der Waals surface area (Å²) in [6.07, 6.45) is 3.32. The van der Waals surface area contributed by atoms with Gasteiger partial charge in [-0.3, -0.25) is 9.59 Å². The molecule has 2 aromatic carbocycles. The van der Waals surface area contributed by atoms with Crippen LogP contribution >= 0.6 is 0 Å². The average molecular weight is 417 g/mol. The van der Waals surface area contributed by atoms with Crippen LogP contribution in [-0.2, 0) is 11.3 Å². The van der Waals surface area contributed by atoms with Gasteiger partial charge in [0.15, 0.2) is 0 Å². The second-order valence-electron chi connectivity index (χ2n) is 7.97. The zero-order valence-corrected chi connectivity index (χ0v) is 16.9. The summed E-state index contributed by atoms with van der Waals surface area (Å²) in [6.45, 7) is 1.28. The molecule has 3 N–H and O–H groups in total. The first-order valence-electron chi connectivity index (χ1n) is 10.3. The predicted molar refractivity (Wildman–Crippen MR) is 116 cm³/mol. The Kier molecular flexibility index (Phi) is 4.71. The van der Waals surface area contributed by atoms with Crippen molar-refractivity contribution in [3.8, 4) is 0 Å². The first-order chi connectivity index (χ1) is 15.0. The molecule has 31 heavy (non-hydrogen) atoms. The van der Waals surface area contributed by atoms with Crippen molar-refractivity contribution >= 4 is 33.8 Å². The van der Waals surface area contributed by atoms with Crippen molar-refractivity contribution in [1.29, 1.82) is 0 Å². The molecular formula is C23H23N5O3. The van der Waals surface area contributed by atoms with Crippen LogP contribution in [0.5, 0.6) is 0 Å². The lowest BCUT2D eigenvalue weighted by atomic mass is 10.1. The largest absolute Gasteiger partial charge is 0.389 e. The fourth-order valence-electron chi connectivity index (χ4n) is 4.42. The topological polar surface area (TPSA) is 106 Å². The van der Waals surface area contributed by atoms with E-state index in [0.717, 1.165) is 21.9 Å². The van der Waals surface area contributed by atoms with Gasteiger partial charge in [0, 0.05) is 48.7 Å². The number of hydrogen-bond acceptors (Lipinski definition) is 4. The van der Waals surface area contributed by atoms with Crippen LogP contribution in [0.15, 0.2) is 61.1 Å². The van der Waals surface area contributed by atoms with Crippen LogP contribution in [0.25, 0.3) is 21.9 Å². The van der Waals surface area contributed by atoms with E-state index in [0.29, 0.717) is 31.6 Å². The molecule has 4 aromatic rings. The molecule has 2 atom stereocenters. The summed E-state index contributed by atoms with van der Waals surface area (Å²) < 4.78 is 3.95. The fourth-order valence-corrected chi connectivity index (χ4v) is 4.42. The van der Waals surface area contributed by atoms with Crippen LogP contribution in [0.3, 0.4) is 0 Å². The molecule has 1 saturated heterocycles. The number of rotatable bonds is 5. The maximum atomic E-state index is 12.8. The minimum atomic E-state index is -0.663. The number of hydrogen-bond donors (Lipinski definition) is 2. The minimum absolute atomic E-state index is 0.00630. The number of nitrogens with two attached hydrogens (primary N) is 1. The number of aliphatic hydroxyl groups is 1. The van der Waals surface area contributed by atoms with E-state index in [1.54, 1.807) is 23.4 Å². The highest BCUT2D eigenvalue weighted by molar-refractivity contribution is 5.97. The van der Waals surface area contributed by atoms with E-state index in [1.165, 1.54) is 0 Å². The fraction of sp³-hybridized carbons (Fsp3) is 0.261. The molecule has 0 saturated carbocycles. The van der Waals surface area contributed by atoms with Crippen molar-refractivity contribution in [3.05, 3.63) is 66.6 Å². The Bertz CT molecular complexity index is 1290. The van der Waals surface area contributed by atoms with Gasteiger partial charge in [0.25, 0.3) is 0 Å². The number of primary amides is 1. The van der Waals surface area contributed by atoms with Gasteiger partial charge in [0.1, 0.15) is 0 Å². The number of fused-ring (bicyclic) bond motifs is 2. The maximum Gasteiger partial charge on any atom is 0.248 e. The van der Waals surface area contributed by atoms with Crippen molar-refractivity contribution in [2.24, 2.45) is 5.73 Å². The van der Waals surface area contributed by atoms with E-state index in [4.69, 9.17) is 5.73 Å². The number of β-amino-alcohol motifs (C(OH)–C–C–N with tert-alkyl or cyclic N) is 1. The van der Waals surface area contributed by atoms with Crippen molar-refractivity contribution in [2.75, 3.05) is 13.1 Å². The van der Waals surface area contributed by atoms with Gasteiger partial charge in [0.2, 0.25) is 11.8 Å². The molecule has 1 aliphatic rings. The number of aliphatic hydroxyl groups excluding tert-OH is 1. The number of carbonyl (C=O) groups excluding carboxylic acids is 2. The molecular weight excluding hydrogens is 394 g/mol. The molecule has 5 rings (SSSR count). The third-order valence-corrected chi connectivity index (χ3v) is 6.07. The van der Waals surface area contributed by atoms with Crippen LogP contribution in [0, 0.1) is 0 Å². The second-order valence-corrected chi connectivity index (χ2v) is 7.97. The minimum Gasteiger partial charge on any atom is -0.389 e. The first-order valence-corrected chi connectivity index (χ1v) is 10.3. The van der Waals surface area contributed by atoms with E-state index in [2.05, 4.69) is 4.98 Å². The standard InChI is InChI=1S/C23H23N5O3/c24-23(31)16-5-6-18-15(11-16)7-10-28(18)20-12-27(13-21(20)29)22(30)8-9-26-14-25-17-3-1-2-4-19(17)26/h1-7,10-11,14,20-21,29H,8-9,12-13H2,(H2,24,31)/t20-,21-/m1/s1. The lowest BCUT2D eigenvalue weighted by Gasteiger charge is -2.18. The van der Waals surface area contributed by atoms with Gasteiger partial charge in [-0.1, -0.05) is 12.1 Å². The Morgan fingerprint density at radius 2 is 1.94 bits per heavy atom. The summed E-state index contributed by atoms with van der Waals surface area (Å²) in [4.78, 5) is 30.3. The van der Waals surface area contributed by atoms with E-state index in [9.17, 15) is 14.7 Å². The molecule has 1 aliphatic heterocycles. The zero-order chi connectivity index (χ0) is 21.5. The molecule has 2 aromatic heterocycles. The van der Waals surface area contributed by atoms with Crippen LogP contribution < -0.4 is 5.73 Å². The number of carbonyl (C=O) groups is 2. The average Bonchev–Trinajstić information content (AvgIpc) is 3.47. The number of amides is 2. The highest BCUT2D eigenvalue weighted by atomic mass is 16.3. The summed E-state index contributed by atoms with van der Waals surface area (Å²) in [6, 6.07) is 14.7. The number of aryl methyl sites for hydroxylation is 1. The molecule has 2 amide bonds. The second kappa shape index (κ2) is 7.55. The molecule has 0 radical (unpaired) electrons. The Hall–Kier alpha value is -3.65. The molecule has 158 valence electrons. The third kappa shape index (κ3) is 3.44. The number of benzene rings is 2. The van der Waals surface area contributed by atoms with Crippen molar-refractivity contribution in [1.82, 2.24) is 19.0 Å². The van der Waals surface area contributed by atoms with Gasteiger partial charge in [-0.05, 0) is 36.4 Å².